The van der Waals surface area contributed by atoms with Crippen LogP contribution in [-0.4, -0.2) is 0 Å². The molecule has 0 unspecified atom stereocenters. The normalized spacial score (nSPS) is 11.8. The molecule has 0 aliphatic rings. The van der Waals surface area contributed by atoms with Crippen molar-refractivity contribution in [1.29, 1.82) is 0 Å². The molecule has 0 bridgehead atoms. The molecule has 2 rings (SSSR count). The zero-order chi connectivity index (χ0) is 11.8. The van der Waals surface area contributed by atoms with Gasteiger partial charge in [0.25, 0.3) is 0 Å². The summed E-state index contributed by atoms with van der Waals surface area (Å²) in [7, 11) is 0. The molecule has 0 spiro atoms. The zero-order valence-corrected chi connectivity index (χ0v) is 9.38. The third-order valence-corrected chi connectivity index (χ3v) is 3.01. The van der Waals surface area contributed by atoms with Crippen molar-refractivity contribution in [2.75, 3.05) is 0 Å². The van der Waals surface area contributed by atoms with Gasteiger partial charge in [0.1, 0.15) is 0 Å². The van der Waals surface area contributed by atoms with Crippen LogP contribution in [0.5, 0.6) is 0 Å². The first-order chi connectivity index (χ1) is 7.48. The molecular weight excluding hydrogens is 257 g/mol. The summed E-state index contributed by atoms with van der Waals surface area (Å²) in [5.41, 5.74) is 0.636. The van der Waals surface area contributed by atoms with E-state index in [2.05, 4.69) is 5.38 Å². The Balaban J connectivity index is 2.46. The van der Waals surface area contributed by atoms with Crippen molar-refractivity contribution >= 4 is 22.9 Å². The second-order valence-corrected chi connectivity index (χ2v) is 4.26. The minimum atomic E-state index is -4.36. The fraction of sp³-hybridized carbons (Fsp3) is 0.0909. The van der Waals surface area contributed by atoms with Gasteiger partial charge < -0.3 is 0 Å². The largest absolute Gasteiger partial charge is 0.416 e. The van der Waals surface area contributed by atoms with Crippen molar-refractivity contribution in [1.82, 2.24) is 0 Å². The maximum atomic E-state index is 12.4. The Kier molecular flexibility index (Phi) is 2.95. The summed E-state index contributed by atoms with van der Waals surface area (Å²) >= 11 is 7.16. The fourth-order valence-corrected chi connectivity index (χ4v) is 2.17. The molecule has 0 N–H and O–H groups in total. The van der Waals surface area contributed by atoms with Crippen molar-refractivity contribution in [3.63, 3.8) is 0 Å². The molecule has 0 atom stereocenters. The molecular formula is C11H5ClF3S. The summed E-state index contributed by atoms with van der Waals surface area (Å²) < 4.78 is 37.1. The lowest BCUT2D eigenvalue weighted by atomic mass is 10.1. The van der Waals surface area contributed by atoms with E-state index in [1.165, 1.54) is 17.4 Å². The predicted molar refractivity (Wildman–Crippen MR) is 58.6 cm³/mol. The van der Waals surface area contributed by atoms with E-state index in [9.17, 15) is 13.2 Å². The smallest absolute Gasteiger partial charge is 0.166 e. The molecule has 0 saturated carbocycles. The number of thiophene rings is 1. The molecule has 5 heteroatoms. The van der Waals surface area contributed by atoms with Gasteiger partial charge in [0.15, 0.2) is 0 Å². The van der Waals surface area contributed by atoms with E-state index >= 15 is 0 Å². The van der Waals surface area contributed by atoms with E-state index in [1.54, 1.807) is 11.4 Å². The molecule has 1 aromatic heterocycles. The quantitative estimate of drug-likeness (QED) is 0.686. The molecule has 0 aliphatic heterocycles. The summed E-state index contributed by atoms with van der Waals surface area (Å²) in [5.74, 6) is 0. The lowest BCUT2D eigenvalue weighted by Gasteiger charge is -2.08. The summed E-state index contributed by atoms with van der Waals surface area (Å²) in [6.07, 6.45) is -4.36. The van der Waals surface area contributed by atoms with Gasteiger partial charge in [-0.25, -0.2) is 0 Å². The van der Waals surface area contributed by atoms with Gasteiger partial charge >= 0.3 is 6.18 Å². The molecule has 0 nitrogen and oxygen atoms in total. The van der Waals surface area contributed by atoms with E-state index in [-0.39, 0.29) is 5.02 Å². The maximum absolute atomic E-state index is 12.4. The highest BCUT2D eigenvalue weighted by Crippen LogP contribution is 2.35. The molecule has 0 aliphatic carbocycles. The van der Waals surface area contributed by atoms with Crippen molar-refractivity contribution in [2.24, 2.45) is 0 Å². The Morgan fingerprint density at radius 1 is 1.25 bits per heavy atom. The monoisotopic (exact) mass is 261 g/mol. The molecule has 0 saturated heterocycles. The van der Waals surface area contributed by atoms with E-state index < -0.39 is 11.7 Å². The summed E-state index contributed by atoms with van der Waals surface area (Å²) in [4.78, 5) is 0. The average molecular weight is 262 g/mol. The lowest BCUT2D eigenvalue weighted by molar-refractivity contribution is -0.137. The van der Waals surface area contributed by atoms with Crippen LogP contribution in [0, 0.1) is 5.38 Å². The first kappa shape index (κ1) is 11.5. The molecule has 83 valence electrons. The van der Waals surface area contributed by atoms with Crippen molar-refractivity contribution < 1.29 is 13.2 Å². The van der Waals surface area contributed by atoms with Crippen molar-refractivity contribution in [3.8, 4) is 11.1 Å². The van der Waals surface area contributed by atoms with Gasteiger partial charge in [-0.05, 0) is 29.1 Å². The van der Waals surface area contributed by atoms with Gasteiger partial charge in [-0.2, -0.15) is 13.2 Å². The number of rotatable bonds is 1. The zero-order valence-electron chi connectivity index (χ0n) is 7.81. The third-order valence-electron chi connectivity index (χ3n) is 2.08. The highest BCUT2D eigenvalue weighted by atomic mass is 35.5. The third kappa shape index (κ3) is 2.23. The van der Waals surface area contributed by atoms with Crippen LogP contribution in [0.1, 0.15) is 5.56 Å². The van der Waals surface area contributed by atoms with Gasteiger partial charge in [0, 0.05) is 16.0 Å². The second-order valence-electron chi connectivity index (χ2n) is 3.15. The molecule has 1 radical (unpaired) electrons. The topological polar surface area (TPSA) is 0 Å². The Morgan fingerprint density at radius 3 is 2.50 bits per heavy atom. The van der Waals surface area contributed by atoms with Crippen LogP contribution in [0.15, 0.2) is 29.6 Å². The SMILES string of the molecule is FC(F)(F)c1ccc(-c2c[c]sc2)c(Cl)c1. The van der Waals surface area contributed by atoms with Gasteiger partial charge in [0.05, 0.1) is 5.56 Å². The Hall–Kier alpha value is -1.00. The number of alkyl halides is 3. The molecule has 2 aromatic rings. The maximum Gasteiger partial charge on any atom is 0.416 e. The first-order valence-electron chi connectivity index (χ1n) is 4.30. The molecule has 16 heavy (non-hydrogen) atoms. The minimum Gasteiger partial charge on any atom is -0.166 e. The van der Waals surface area contributed by atoms with Crippen LogP contribution in [0.4, 0.5) is 13.2 Å². The average Bonchev–Trinajstić information content (AvgIpc) is 2.69. The van der Waals surface area contributed by atoms with Crippen molar-refractivity contribution in [3.05, 3.63) is 45.6 Å². The minimum absolute atomic E-state index is 0.0987. The van der Waals surface area contributed by atoms with Gasteiger partial charge in [-0.3, -0.25) is 0 Å². The Bertz CT molecular complexity index is 488. The van der Waals surface area contributed by atoms with E-state index in [0.717, 1.165) is 17.7 Å². The van der Waals surface area contributed by atoms with E-state index in [4.69, 9.17) is 11.6 Å². The van der Waals surface area contributed by atoms with Crippen LogP contribution < -0.4 is 0 Å². The molecule has 0 amide bonds. The number of halogens is 4. The summed E-state index contributed by atoms with van der Waals surface area (Å²) in [6, 6.07) is 5.04. The van der Waals surface area contributed by atoms with Crippen LogP contribution in [0.2, 0.25) is 5.02 Å². The molecule has 1 aromatic carbocycles. The predicted octanol–water partition coefficient (Wildman–Crippen LogP) is 4.89. The first-order valence-corrected chi connectivity index (χ1v) is 5.56. The van der Waals surface area contributed by atoms with Crippen molar-refractivity contribution in [2.45, 2.75) is 6.18 Å². The standard InChI is InChI=1S/C11H5ClF3S/c12-10-5-8(11(13,14)15)1-2-9(10)7-3-4-16-6-7/h1-3,5-6H. The van der Waals surface area contributed by atoms with Gasteiger partial charge in [-0.1, -0.05) is 17.7 Å². The Morgan fingerprint density at radius 2 is 2.00 bits per heavy atom. The van der Waals surface area contributed by atoms with Crippen LogP contribution in [0.25, 0.3) is 11.1 Å². The van der Waals surface area contributed by atoms with E-state index in [0.29, 0.717) is 5.56 Å². The number of benzene rings is 1. The molecule has 0 fully saturated rings. The van der Waals surface area contributed by atoms with Gasteiger partial charge in [0.2, 0.25) is 0 Å². The highest BCUT2D eigenvalue weighted by Gasteiger charge is 2.30. The van der Waals surface area contributed by atoms with E-state index in [1.807, 2.05) is 0 Å². The molecule has 1 heterocycles. The second kappa shape index (κ2) is 4.11. The lowest BCUT2D eigenvalue weighted by Crippen LogP contribution is -2.04. The summed E-state index contributed by atoms with van der Waals surface area (Å²) in [5, 5.41) is 4.75. The summed E-state index contributed by atoms with van der Waals surface area (Å²) in [6.45, 7) is 0. The van der Waals surface area contributed by atoms with Crippen LogP contribution in [-0.2, 0) is 6.18 Å². The van der Waals surface area contributed by atoms with Gasteiger partial charge in [-0.15, -0.1) is 11.3 Å². The fourth-order valence-electron chi connectivity index (χ4n) is 1.30. The number of hydrogen-bond donors (Lipinski definition) is 0. The Labute approximate surface area is 99.3 Å². The highest BCUT2D eigenvalue weighted by molar-refractivity contribution is 7.07. The number of hydrogen-bond acceptors (Lipinski definition) is 1. The van der Waals surface area contributed by atoms with Crippen LogP contribution in [0.3, 0.4) is 0 Å². The van der Waals surface area contributed by atoms with Crippen LogP contribution >= 0.6 is 22.9 Å².